The Kier molecular flexibility index (Phi) is 6.75. The van der Waals surface area contributed by atoms with Gasteiger partial charge in [0.2, 0.25) is 17.7 Å². The zero-order valence-electron chi connectivity index (χ0n) is 18.0. The summed E-state index contributed by atoms with van der Waals surface area (Å²) in [5.74, 6) is -0.0608. The number of nitrogens with one attached hydrogen (secondary N) is 2. The van der Waals surface area contributed by atoms with Gasteiger partial charge in [0.25, 0.3) is 0 Å². The molecule has 2 N–H and O–H groups in total. The third kappa shape index (κ3) is 5.23. The van der Waals surface area contributed by atoms with E-state index in [1.807, 2.05) is 17.0 Å². The Bertz CT molecular complexity index is 1120. The molecule has 0 aromatic heterocycles. The maximum Gasteiger partial charge on any atom is 0.244 e. The molecule has 0 spiro atoms. The summed E-state index contributed by atoms with van der Waals surface area (Å²) in [6.45, 7) is 2.19. The van der Waals surface area contributed by atoms with Crippen LogP contribution in [0.5, 0.6) is 5.75 Å². The van der Waals surface area contributed by atoms with Crippen LogP contribution in [0.2, 0.25) is 5.02 Å². The van der Waals surface area contributed by atoms with E-state index in [0.717, 1.165) is 5.69 Å². The third-order valence-electron chi connectivity index (χ3n) is 5.07. The zero-order chi connectivity index (χ0) is 23.5. The molecule has 0 saturated carbocycles. The zero-order valence-corrected chi connectivity index (χ0v) is 19.6. The van der Waals surface area contributed by atoms with Crippen LogP contribution in [0, 0.1) is 0 Å². The van der Waals surface area contributed by atoms with E-state index in [2.05, 4.69) is 15.6 Å². The average Bonchev–Trinajstić information content (AvgIpc) is 3.08. The fourth-order valence-electron chi connectivity index (χ4n) is 3.50. The molecule has 0 radical (unpaired) electrons. The van der Waals surface area contributed by atoms with Gasteiger partial charge in [0.05, 0.1) is 12.1 Å². The molecule has 2 aliphatic heterocycles. The number of amides is 3. The van der Waals surface area contributed by atoms with Crippen LogP contribution in [0.25, 0.3) is 0 Å². The molecule has 9 nitrogen and oxygen atoms in total. The Morgan fingerprint density at radius 3 is 2.58 bits per heavy atom. The minimum atomic E-state index is -0.542. The first-order chi connectivity index (χ1) is 15.8. The molecule has 0 aliphatic carbocycles. The van der Waals surface area contributed by atoms with Gasteiger partial charge in [0.1, 0.15) is 24.3 Å². The van der Waals surface area contributed by atoms with Gasteiger partial charge in [0, 0.05) is 30.4 Å². The highest BCUT2D eigenvalue weighted by molar-refractivity contribution is 8.15. The van der Waals surface area contributed by atoms with E-state index >= 15 is 0 Å². The first-order valence-electron chi connectivity index (χ1n) is 10.1. The summed E-state index contributed by atoms with van der Waals surface area (Å²) in [5, 5.41) is 5.96. The summed E-state index contributed by atoms with van der Waals surface area (Å²) in [6, 6.07) is 12.3. The van der Waals surface area contributed by atoms with E-state index < -0.39 is 5.25 Å². The van der Waals surface area contributed by atoms with Crippen molar-refractivity contribution in [3.63, 3.8) is 0 Å². The Morgan fingerprint density at radius 2 is 1.91 bits per heavy atom. The molecule has 33 heavy (non-hydrogen) atoms. The van der Waals surface area contributed by atoms with Crippen molar-refractivity contribution in [2.24, 2.45) is 4.99 Å². The van der Waals surface area contributed by atoms with Crippen LogP contribution in [-0.2, 0) is 14.4 Å². The molecule has 0 unspecified atom stereocenters. The Hall–Kier alpha value is -3.24. The van der Waals surface area contributed by atoms with Gasteiger partial charge in [-0.05, 0) is 42.5 Å². The molecule has 11 heteroatoms. The Labute approximate surface area is 200 Å². The van der Waals surface area contributed by atoms with Crippen molar-refractivity contribution in [3.05, 3.63) is 47.5 Å². The van der Waals surface area contributed by atoms with Crippen molar-refractivity contribution in [1.29, 1.82) is 0 Å². The van der Waals surface area contributed by atoms with Gasteiger partial charge < -0.3 is 20.3 Å². The number of carbonyl (C=O) groups excluding carboxylic acids is 3. The molecular weight excluding hydrogens is 466 g/mol. The number of fused-ring (bicyclic) bond motifs is 1. The van der Waals surface area contributed by atoms with Gasteiger partial charge >= 0.3 is 0 Å². The van der Waals surface area contributed by atoms with Crippen molar-refractivity contribution in [1.82, 2.24) is 4.90 Å². The third-order valence-corrected chi connectivity index (χ3v) is 6.58. The SMILES string of the molecule is COc1ccc(NC(=O)C[C@H]2SC3=NCN(c4ccc(NC(C)=O)cc4)CN3C2=O)cc1Cl. The molecule has 4 rings (SSSR count). The average molecular weight is 488 g/mol. The molecule has 2 aliphatic rings. The number of ether oxygens (including phenoxy) is 1. The maximum absolute atomic E-state index is 13.0. The number of rotatable bonds is 6. The quantitative estimate of drug-likeness (QED) is 0.647. The topological polar surface area (TPSA) is 103 Å². The van der Waals surface area contributed by atoms with Gasteiger partial charge in [-0.25, -0.2) is 4.99 Å². The second kappa shape index (κ2) is 9.72. The maximum atomic E-state index is 13.0. The van der Waals surface area contributed by atoms with Crippen LogP contribution in [0.4, 0.5) is 17.1 Å². The van der Waals surface area contributed by atoms with Gasteiger partial charge in [-0.2, -0.15) is 0 Å². The summed E-state index contributed by atoms with van der Waals surface area (Å²) in [5.41, 5.74) is 2.11. The number of benzene rings is 2. The predicted molar refractivity (Wildman–Crippen MR) is 130 cm³/mol. The van der Waals surface area contributed by atoms with Gasteiger partial charge in [-0.3, -0.25) is 19.3 Å². The number of thioether (sulfide) groups is 1. The van der Waals surface area contributed by atoms with Gasteiger partial charge in [-0.15, -0.1) is 0 Å². The van der Waals surface area contributed by atoms with E-state index in [1.165, 1.54) is 25.8 Å². The molecular formula is C22H22ClN5O4S. The summed E-state index contributed by atoms with van der Waals surface area (Å²) < 4.78 is 5.11. The number of carbonyl (C=O) groups is 3. The Balaban J connectivity index is 1.36. The number of amidine groups is 1. The standard InChI is InChI=1S/C22H22ClN5O4S/c1-13(29)25-14-3-6-16(7-4-14)27-11-24-22-28(12-27)21(31)19(33-22)10-20(30)26-15-5-8-18(32-2)17(23)9-15/h3-9,19H,10-12H2,1-2H3,(H,25,29)(H,26,30)/t19-/m1/s1. The molecule has 2 aromatic rings. The van der Waals surface area contributed by atoms with Crippen molar-refractivity contribution in [2.45, 2.75) is 18.6 Å². The monoisotopic (exact) mass is 487 g/mol. The Morgan fingerprint density at radius 1 is 1.18 bits per heavy atom. The molecule has 0 bridgehead atoms. The number of anilines is 3. The van der Waals surface area contributed by atoms with Gasteiger partial charge in [0.15, 0.2) is 5.17 Å². The van der Waals surface area contributed by atoms with Crippen molar-refractivity contribution >= 4 is 63.3 Å². The van der Waals surface area contributed by atoms with Crippen molar-refractivity contribution in [3.8, 4) is 5.75 Å². The molecule has 1 fully saturated rings. The summed E-state index contributed by atoms with van der Waals surface area (Å²) in [4.78, 5) is 44.7. The number of nitrogens with zero attached hydrogens (tertiary/aromatic N) is 3. The van der Waals surface area contributed by atoms with Crippen LogP contribution in [0.15, 0.2) is 47.5 Å². The fourth-order valence-corrected chi connectivity index (χ4v) is 4.88. The lowest BCUT2D eigenvalue weighted by molar-refractivity contribution is -0.128. The van der Waals surface area contributed by atoms with Crippen LogP contribution in [-0.4, -0.2) is 53.5 Å². The number of aliphatic imine (C=N–C) groups is 1. The van der Waals surface area contributed by atoms with Crippen molar-refractivity contribution < 1.29 is 19.1 Å². The first kappa shape index (κ1) is 22.9. The smallest absolute Gasteiger partial charge is 0.244 e. The summed E-state index contributed by atoms with van der Waals surface area (Å²) >= 11 is 7.41. The van der Waals surface area contributed by atoms with Gasteiger partial charge in [-0.1, -0.05) is 23.4 Å². The van der Waals surface area contributed by atoms with Crippen LogP contribution in [0.3, 0.4) is 0 Å². The highest BCUT2D eigenvalue weighted by Crippen LogP contribution is 2.33. The number of methoxy groups -OCH3 is 1. The lowest BCUT2D eigenvalue weighted by Crippen LogP contribution is -2.46. The summed E-state index contributed by atoms with van der Waals surface area (Å²) in [6.07, 6.45) is 0.0219. The second-order valence-electron chi connectivity index (χ2n) is 7.47. The van der Waals surface area contributed by atoms with E-state index in [1.54, 1.807) is 35.2 Å². The molecule has 172 valence electrons. The lowest BCUT2D eigenvalue weighted by atomic mass is 10.2. The molecule has 1 atom stereocenters. The number of hydrogen-bond acceptors (Lipinski definition) is 7. The minimum absolute atomic E-state index is 0.0219. The fraction of sp³-hybridized carbons (Fsp3) is 0.273. The highest BCUT2D eigenvalue weighted by Gasteiger charge is 2.41. The normalized spacial score (nSPS) is 17.4. The number of hydrogen-bond donors (Lipinski definition) is 2. The van der Waals surface area contributed by atoms with E-state index in [9.17, 15) is 14.4 Å². The number of halogens is 1. The van der Waals surface area contributed by atoms with E-state index in [0.29, 0.717) is 40.7 Å². The second-order valence-corrected chi connectivity index (χ2v) is 9.04. The molecule has 1 saturated heterocycles. The minimum Gasteiger partial charge on any atom is -0.495 e. The molecule has 2 heterocycles. The molecule has 2 aromatic carbocycles. The van der Waals surface area contributed by atoms with E-state index in [4.69, 9.17) is 16.3 Å². The van der Waals surface area contributed by atoms with E-state index in [-0.39, 0.29) is 24.1 Å². The molecule has 3 amide bonds. The highest BCUT2D eigenvalue weighted by atomic mass is 35.5. The van der Waals surface area contributed by atoms with Crippen LogP contribution < -0.4 is 20.3 Å². The first-order valence-corrected chi connectivity index (χ1v) is 11.4. The predicted octanol–water partition coefficient (Wildman–Crippen LogP) is 3.37. The van der Waals surface area contributed by atoms with Crippen LogP contribution >= 0.6 is 23.4 Å². The van der Waals surface area contributed by atoms with Crippen molar-refractivity contribution in [2.75, 3.05) is 36.0 Å². The van der Waals surface area contributed by atoms with Crippen LogP contribution in [0.1, 0.15) is 13.3 Å². The lowest BCUT2D eigenvalue weighted by Gasteiger charge is -2.32. The largest absolute Gasteiger partial charge is 0.495 e. The summed E-state index contributed by atoms with van der Waals surface area (Å²) in [7, 11) is 1.52.